The summed E-state index contributed by atoms with van der Waals surface area (Å²) in [6.07, 6.45) is 4.21. The Kier molecular flexibility index (Phi) is 4.30. The van der Waals surface area contributed by atoms with E-state index in [1.807, 2.05) is 12.3 Å². The molecule has 3 fully saturated rings. The Morgan fingerprint density at radius 2 is 2.12 bits per heavy atom. The van der Waals surface area contributed by atoms with Gasteiger partial charge in [-0.1, -0.05) is 0 Å². The van der Waals surface area contributed by atoms with Crippen molar-refractivity contribution >= 4 is 32.3 Å². The first-order valence-corrected chi connectivity index (χ1v) is 10.3. The second-order valence-electron chi connectivity index (χ2n) is 7.61. The smallest absolute Gasteiger partial charge is 0.270 e. The van der Waals surface area contributed by atoms with E-state index < -0.39 is 0 Å². The first-order chi connectivity index (χ1) is 12.7. The van der Waals surface area contributed by atoms with Gasteiger partial charge in [0.15, 0.2) is 0 Å². The van der Waals surface area contributed by atoms with Crippen LogP contribution in [0.2, 0.25) is 0 Å². The van der Waals surface area contributed by atoms with Gasteiger partial charge in [0.2, 0.25) is 0 Å². The summed E-state index contributed by atoms with van der Waals surface area (Å²) in [5.74, 6) is 0.707. The van der Waals surface area contributed by atoms with Crippen molar-refractivity contribution < 1.29 is 9.53 Å². The minimum Gasteiger partial charge on any atom is -0.378 e. The Morgan fingerprint density at radius 1 is 1.23 bits per heavy atom. The van der Waals surface area contributed by atoms with E-state index in [1.54, 1.807) is 11.3 Å². The summed E-state index contributed by atoms with van der Waals surface area (Å²) >= 11 is 1.73. The molecule has 0 aromatic carbocycles. The lowest BCUT2D eigenvalue weighted by atomic mass is 9.97. The highest BCUT2D eigenvalue weighted by Gasteiger charge is 2.33. The summed E-state index contributed by atoms with van der Waals surface area (Å²) in [5.41, 5.74) is 0.529. The third-order valence-corrected chi connectivity index (χ3v) is 6.90. The number of hydrogen-bond acceptors (Lipinski definition) is 6. The van der Waals surface area contributed by atoms with E-state index in [0.29, 0.717) is 5.69 Å². The van der Waals surface area contributed by atoms with Crippen LogP contribution in [0.15, 0.2) is 18.3 Å². The molecule has 138 valence electrons. The van der Waals surface area contributed by atoms with Gasteiger partial charge in [-0.05, 0) is 37.4 Å². The van der Waals surface area contributed by atoms with Crippen molar-refractivity contribution in [1.82, 2.24) is 15.2 Å². The summed E-state index contributed by atoms with van der Waals surface area (Å²) < 4.78 is 6.56. The zero-order valence-electron chi connectivity index (χ0n) is 14.8. The number of nitrogens with zero attached hydrogens (tertiary/aromatic N) is 3. The van der Waals surface area contributed by atoms with Crippen molar-refractivity contribution in [1.29, 1.82) is 0 Å². The fourth-order valence-corrected chi connectivity index (χ4v) is 5.53. The van der Waals surface area contributed by atoms with Crippen LogP contribution >= 0.6 is 11.3 Å². The number of anilines is 1. The van der Waals surface area contributed by atoms with Crippen LogP contribution in [0, 0.1) is 5.92 Å². The van der Waals surface area contributed by atoms with Crippen molar-refractivity contribution in [2.75, 3.05) is 50.8 Å². The quantitative estimate of drug-likeness (QED) is 0.893. The molecule has 2 bridgehead atoms. The molecule has 1 N–H and O–H groups in total. The maximum absolute atomic E-state index is 12.7. The predicted octanol–water partition coefficient (Wildman–Crippen LogP) is 1.96. The molecule has 3 saturated heterocycles. The van der Waals surface area contributed by atoms with Gasteiger partial charge in [0.1, 0.15) is 5.69 Å². The van der Waals surface area contributed by atoms with Crippen LogP contribution in [-0.4, -0.2) is 67.8 Å². The SMILES string of the molecule is O=C(N[C@@H]1C[C@@H]2CCN(C2)C1)c1cc2sc(N3CCOCC3)cc2cn1. The third-order valence-electron chi connectivity index (χ3n) is 5.75. The van der Waals surface area contributed by atoms with E-state index in [2.05, 4.69) is 26.2 Å². The van der Waals surface area contributed by atoms with E-state index in [0.717, 1.165) is 55.3 Å². The molecular weight excluding hydrogens is 348 g/mol. The van der Waals surface area contributed by atoms with Gasteiger partial charge in [0.25, 0.3) is 5.91 Å². The number of hydrogen-bond donors (Lipinski definition) is 1. The zero-order valence-corrected chi connectivity index (χ0v) is 15.6. The molecule has 0 saturated carbocycles. The number of nitrogens with one attached hydrogen (secondary N) is 1. The number of amides is 1. The molecule has 3 aliphatic heterocycles. The number of carbonyl (C=O) groups is 1. The second kappa shape index (κ2) is 6.79. The summed E-state index contributed by atoms with van der Waals surface area (Å²) in [5, 5.41) is 5.55. The van der Waals surface area contributed by atoms with Crippen LogP contribution in [0.5, 0.6) is 0 Å². The van der Waals surface area contributed by atoms with E-state index in [1.165, 1.54) is 24.5 Å². The molecule has 5 rings (SSSR count). The Labute approximate surface area is 157 Å². The highest BCUT2D eigenvalue weighted by Crippen LogP contribution is 2.33. The minimum atomic E-state index is -0.0410. The summed E-state index contributed by atoms with van der Waals surface area (Å²) in [4.78, 5) is 21.9. The van der Waals surface area contributed by atoms with E-state index >= 15 is 0 Å². The first kappa shape index (κ1) is 16.5. The molecule has 0 aliphatic carbocycles. The maximum Gasteiger partial charge on any atom is 0.270 e. The highest BCUT2D eigenvalue weighted by molar-refractivity contribution is 7.22. The largest absolute Gasteiger partial charge is 0.378 e. The lowest BCUT2D eigenvalue weighted by Gasteiger charge is -2.30. The van der Waals surface area contributed by atoms with Crippen LogP contribution in [0.1, 0.15) is 23.3 Å². The standard InChI is InChI=1S/C19H24N4O2S/c24-19(21-15-7-13-1-2-22(11-13)12-15)16-9-17-14(10-20-16)8-18(26-17)23-3-5-25-6-4-23/h8-10,13,15H,1-7,11-12H2,(H,21,24)/t13-,15+/m0/s1. The minimum absolute atomic E-state index is 0.0410. The molecule has 0 radical (unpaired) electrons. The summed E-state index contributed by atoms with van der Waals surface area (Å²) in [7, 11) is 0. The Bertz CT molecular complexity index is 805. The molecule has 0 spiro atoms. The number of morpholine rings is 1. The van der Waals surface area contributed by atoms with Gasteiger partial charge in [0, 0.05) is 48.5 Å². The number of aromatic nitrogens is 1. The normalized spacial score (nSPS) is 28.5. The number of rotatable bonds is 3. The van der Waals surface area contributed by atoms with E-state index in [4.69, 9.17) is 4.74 Å². The van der Waals surface area contributed by atoms with Crippen molar-refractivity contribution in [3.05, 3.63) is 24.0 Å². The number of thiophene rings is 1. The molecule has 7 heteroatoms. The molecule has 2 aromatic heterocycles. The Balaban J connectivity index is 1.31. The van der Waals surface area contributed by atoms with E-state index in [9.17, 15) is 4.79 Å². The van der Waals surface area contributed by atoms with Crippen molar-refractivity contribution in [2.24, 2.45) is 5.92 Å². The van der Waals surface area contributed by atoms with Gasteiger partial charge in [-0.25, -0.2) is 0 Å². The molecule has 1 amide bonds. The van der Waals surface area contributed by atoms with Gasteiger partial charge in [-0.2, -0.15) is 0 Å². The van der Waals surface area contributed by atoms with Crippen LogP contribution < -0.4 is 10.2 Å². The molecule has 2 aromatic rings. The number of pyridine rings is 1. The molecule has 5 heterocycles. The summed E-state index contributed by atoms with van der Waals surface area (Å²) in [6.45, 7) is 6.76. The fourth-order valence-electron chi connectivity index (χ4n) is 4.41. The first-order valence-electron chi connectivity index (χ1n) is 9.50. The maximum atomic E-state index is 12.7. The third kappa shape index (κ3) is 3.19. The van der Waals surface area contributed by atoms with Crippen LogP contribution in [0.3, 0.4) is 0 Å². The monoisotopic (exact) mass is 372 g/mol. The lowest BCUT2D eigenvalue weighted by molar-refractivity contribution is 0.0904. The summed E-state index contributed by atoms with van der Waals surface area (Å²) in [6, 6.07) is 4.37. The van der Waals surface area contributed by atoms with Gasteiger partial charge in [-0.3, -0.25) is 9.78 Å². The number of carbonyl (C=O) groups excluding carboxylic acids is 1. The lowest BCUT2D eigenvalue weighted by Crippen LogP contribution is -2.47. The topological polar surface area (TPSA) is 57.7 Å². The van der Waals surface area contributed by atoms with Gasteiger partial charge in [-0.15, -0.1) is 11.3 Å². The fraction of sp³-hybridized carbons (Fsp3) is 0.579. The van der Waals surface area contributed by atoms with Crippen LogP contribution in [-0.2, 0) is 4.74 Å². The van der Waals surface area contributed by atoms with Crippen molar-refractivity contribution in [2.45, 2.75) is 18.9 Å². The number of piperidine rings is 1. The van der Waals surface area contributed by atoms with Crippen molar-refractivity contribution in [3.8, 4) is 0 Å². The number of ether oxygens (including phenoxy) is 1. The van der Waals surface area contributed by atoms with Crippen molar-refractivity contribution in [3.63, 3.8) is 0 Å². The van der Waals surface area contributed by atoms with Gasteiger partial charge in [0.05, 0.1) is 18.2 Å². The zero-order chi connectivity index (χ0) is 17.5. The number of fused-ring (bicyclic) bond motifs is 3. The molecule has 3 atom stereocenters. The van der Waals surface area contributed by atoms with Gasteiger partial charge < -0.3 is 19.9 Å². The molecule has 3 aliphatic rings. The molecule has 26 heavy (non-hydrogen) atoms. The Morgan fingerprint density at radius 3 is 2.96 bits per heavy atom. The average Bonchev–Trinajstić information content (AvgIpc) is 3.24. The average molecular weight is 372 g/mol. The van der Waals surface area contributed by atoms with Crippen LogP contribution in [0.4, 0.5) is 5.00 Å². The Hall–Kier alpha value is -1.70. The van der Waals surface area contributed by atoms with E-state index in [-0.39, 0.29) is 11.9 Å². The molecule has 1 unspecified atom stereocenters. The second-order valence-corrected chi connectivity index (χ2v) is 8.67. The van der Waals surface area contributed by atoms with Crippen LogP contribution in [0.25, 0.3) is 10.1 Å². The predicted molar refractivity (Wildman–Crippen MR) is 103 cm³/mol. The molecule has 6 nitrogen and oxygen atoms in total. The van der Waals surface area contributed by atoms with Gasteiger partial charge >= 0.3 is 0 Å². The molecular formula is C19H24N4O2S. The highest BCUT2D eigenvalue weighted by atomic mass is 32.1.